The molecule has 0 saturated carbocycles. The number of halogens is 1. The summed E-state index contributed by atoms with van der Waals surface area (Å²) in [6, 6.07) is 3.39. The van der Waals surface area contributed by atoms with Crippen LogP contribution in [0.4, 0.5) is 0 Å². The van der Waals surface area contributed by atoms with E-state index in [0.717, 1.165) is 4.90 Å². The maximum absolute atomic E-state index is 11.8. The molecule has 0 aliphatic carbocycles. The minimum atomic E-state index is -1.26. The molecule has 1 amide bonds. The molecule has 0 fully saturated rings. The molecule has 1 aromatic heterocycles. The van der Waals surface area contributed by atoms with Gasteiger partial charge in [0.2, 0.25) is 5.91 Å². The SMILES string of the molecule is CN(C(=O)C=Cc1ccc(Br)o1)C(C)(C)C(=O)O. The summed E-state index contributed by atoms with van der Waals surface area (Å²) in [6.45, 7) is 2.93. The zero-order chi connectivity index (χ0) is 13.9. The number of carboxylic acid groups (broad SMARTS) is 1. The van der Waals surface area contributed by atoms with Crippen molar-refractivity contribution in [2.75, 3.05) is 7.05 Å². The second-order valence-electron chi connectivity index (χ2n) is 4.24. The average Bonchev–Trinajstić information content (AvgIpc) is 2.70. The smallest absolute Gasteiger partial charge is 0.329 e. The van der Waals surface area contributed by atoms with Gasteiger partial charge in [0.25, 0.3) is 0 Å². The Morgan fingerprint density at radius 1 is 1.44 bits per heavy atom. The Balaban J connectivity index is 2.77. The second kappa shape index (κ2) is 5.39. The maximum atomic E-state index is 11.8. The quantitative estimate of drug-likeness (QED) is 0.866. The van der Waals surface area contributed by atoms with E-state index in [1.165, 1.54) is 33.0 Å². The van der Waals surface area contributed by atoms with Crippen molar-refractivity contribution < 1.29 is 19.1 Å². The lowest BCUT2D eigenvalue weighted by molar-refractivity contribution is -0.153. The van der Waals surface area contributed by atoms with E-state index in [4.69, 9.17) is 9.52 Å². The van der Waals surface area contributed by atoms with Gasteiger partial charge in [-0.3, -0.25) is 4.79 Å². The number of carbonyl (C=O) groups excluding carboxylic acids is 1. The molecule has 98 valence electrons. The van der Waals surface area contributed by atoms with Gasteiger partial charge in [-0.15, -0.1) is 0 Å². The summed E-state index contributed by atoms with van der Waals surface area (Å²) in [7, 11) is 1.44. The lowest BCUT2D eigenvalue weighted by Gasteiger charge is -2.30. The number of furan rings is 1. The molecule has 0 aliphatic rings. The Labute approximate surface area is 113 Å². The molecule has 18 heavy (non-hydrogen) atoms. The van der Waals surface area contributed by atoms with Crippen molar-refractivity contribution in [1.29, 1.82) is 0 Å². The summed E-state index contributed by atoms with van der Waals surface area (Å²) < 4.78 is 5.75. The first kappa shape index (κ1) is 14.5. The van der Waals surface area contributed by atoms with Crippen LogP contribution in [0.1, 0.15) is 19.6 Å². The van der Waals surface area contributed by atoms with Gasteiger partial charge in [-0.25, -0.2) is 4.79 Å². The number of amides is 1. The third-order valence-corrected chi connectivity index (χ3v) is 3.10. The largest absolute Gasteiger partial charge is 0.480 e. The van der Waals surface area contributed by atoms with Crippen molar-refractivity contribution >= 4 is 33.9 Å². The second-order valence-corrected chi connectivity index (χ2v) is 5.02. The zero-order valence-electron chi connectivity index (χ0n) is 10.3. The molecule has 6 heteroatoms. The molecule has 0 unspecified atom stereocenters. The Hall–Kier alpha value is -1.56. The molecule has 0 atom stereocenters. The summed E-state index contributed by atoms with van der Waals surface area (Å²) in [6.07, 6.45) is 2.76. The summed E-state index contributed by atoms with van der Waals surface area (Å²) in [4.78, 5) is 24.0. The van der Waals surface area contributed by atoms with Crippen LogP contribution in [0.3, 0.4) is 0 Å². The number of rotatable bonds is 4. The van der Waals surface area contributed by atoms with E-state index in [-0.39, 0.29) is 0 Å². The zero-order valence-corrected chi connectivity index (χ0v) is 11.9. The normalized spacial score (nSPS) is 11.8. The number of carboxylic acids is 1. The molecule has 0 bridgehead atoms. The van der Waals surface area contributed by atoms with Crippen molar-refractivity contribution in [1.82, 2.24) is 4.90 Å². The third-order valence-electron chi connectivity index (χ3n) is 2.68. The summed E-state index contributed by atoms with van der Waals surface area (Å²) in [5, 5.41) is 9.01. The lowest BCUT2D eigenvalue weighted by Crippen LogP contribution is -2.50. The van der Waals surface area contributed by atoms with Gasteiger partial charge in [-0.05, 0) is 48.0 Å². The summed E-state index contributed by atoms with van der Waals surface area (Å²) in [5.74, 6) is -0.959. The fourth-order valence-electron chi connectivity index (χ4n) is 1.10. The highest BCUT2D eigenvalue weighted by Gasteiger charge is 2.34. The van der Waals surface area contributed by atoms with Crippen LogP contribution in [0, 0.1) is 0 Å². The molecule has 0 spiro atoms. The van der Waals surface area contributed by atoms with E-state index in [0.29, 0.717) is 10.4 Å². The van der Waals surface area contributed by atoms with E-state index in [2.05, 4.69) is 15.9 Å². The predicted molar refractivity (Wildman–Crippen MR) is 69.9 cm³/mol. The van der Waals surface area contributed by atoms with Crippen LogP contribution in [0.15, 0.2) is 27.3 Å². The number of aliphatic carboxylic acids is 1. The van der Waals surface area contributed by atoms with Gasteiger partial charge in [0.1, 0.15) is 11.3 Å². The van der Waals surface area contributed by atoms with Crippen molar-refractivity contribution in [3.63, 3.8) is 0 Å². The van der Waals surface area contributed by atoms with Gasteiger partial charge in [0, 0.05) is 13.1 Å². The fraction of sp³-hybridized carbons (Fsp3) is 0.333. The molecule has 0 aliphatic heterocycles. The molecule has 0 radical (unpaired) electrons. The summed E-state index contributed by atoms with van der Waals surface area (Å²) >= 11 is 3.15. The van der Waals surface area contributed by atoms with E-state index < -0.39 is 17.4 Å². The minimum Gasteiger partial charge on any atom is -0.480 e. The van der Waals surface area contributed by atoms with E-state index in [1.807, 2.05) is 0 Å². The Bertz CT molecular complexity index is 490. The highest BCUT2D eigenvalue weighted by atomic mass is 79.9. The van der Waals surface area contributed by atoms with Gasteiger partial charge in [0.15, 0.2) is 4.67 Å². The molecule has 1 rings (SSSR count). The molecule has 1 aromatic rings. The fourth-order valence-corrected chi connectivity index (χ4v) is 1.42. The molecular weight excluding hydrogens is 302 g/mol. The standard InChI is InChI=1S/C12H14BrNO4/c1-12(2,11(16)17)14(3)10(15)7-5-8-4-6-9(13)18-8/h4-7H,1-3H3,(H,16,17). The van der Waals surface area contributed by atoms with Crippen LogP contribution >= 0.6 is 15.9 Å². The number of carbonyl (C=O) groups is 2. The Kier molecular flexibility index (Phi) is 4.34. The third kappa shape index (κ3) is 3.22. The number of hydrogen-bond donors (Lipinski definition) is 1. The van der Waals surface area contributed by atoms with Crippen LogP contribution in [0.5, 0.6) is 0 Å². The lowest BCUT2D eigenvalue weighted by atomic mass is 10.0. The van der Waals surface area contributed by atoms with Crippen LogP contribution in [0.25, 0.3) is 6.08 Å². The van der Waals surface area contributed by atoms with Gasteiger partial charge in [0.05, 0.1) is 0 Å². The molecule has 5 nitrogen and oxygen atoms in total. The highest BCUT2D eigenvalue weighted by molar-refractivity contribution is 9.10. The van der Waals surface area contributed by atoms with Crippen LogP contribution < -0.4 is 0 Å². The van der Waals surface area contributed by atoms with E-state index in [9.17, 15) is 9.59 Å². The van der Waals surface area contributed by atoms with Crippen LogP contribution in [-0.2, 0) is 9.59 Å². The van der Waals surface area contributed by atoms with Gasteiger partial charge >= 0.3 is 5.97 Å². The first-order valence-electron chi connectivity index (χ1n) is 5.19. The van der Waals surface area contributed by atoms with Gasteiger partial charge in [-0.2, -0.15) is 0 Å². The first-order chi connectivity index (χ1) is 8.25. The van der Waals surface area contributed by atoms with Gasteiger partial charge < -0.3 is 14.4 Å². The predicted octanol–water partition coefficient (Wildman–Crippen LogP) is 2.38. The number of likely N-dealkylation sites (N-methyl/N-ethyl adjacent to an activating group) is 1. The summed E-state index contributed by atoms with van der Waals surface area (Å²) in [5.41, 5.74) is -1.26. The molecule has 0 saturated heterocycles. The molecule has 1 heterocycles. The van der Waals surface area contributed by atoms with Crippen LogP contribution in [-0.4, -0.2) is 34.5 Å². The maximum Gasteiger partial charge on any atom is 0.329 e. The number of nitrogens with zero attached hydrogens (tertiary/aromatic N) is 1. The van der Waals surface area contributed by atoms with E-state index >= 15 is 0 Å². The van der Waals surface area contributed by atoms with Crippen molar-refractivity contribution in [2.24, 2.45) is 0 Å². The van der Waals surface area contributed by atoms with Crippen molar-refractivity contribution in [2.45, 2.75) is 19.4 Å². The van der Waals surface area contributed by atoms with Gasteiger partial charge in [-0.1, -0.05) is 0 Å². The molecule has 0 aromatic carbocycles. The Morgan fingerprint density at radius 2 is 2.06 bits per heavy atom. The highest BCUT2D eigenvalue weighted by Crippen LogP contribution is 2.16. The monoisotopic (exact) mass is 315 g/mol. The van der Waals surface area contributed by atoms with Crippen LogP contribution in [0.2, 0.25) is 0 Å². The molecular formula is C12H14BrNO4. The molecule has 1 N–H and O–H groups in total. The number of hydrogen-bond acceptors (Lipinski definition) is 3. The minimum absolute atomic E-state index is 0.407. The first-order valence-corrected chi connectivity index (χ1v) is 5.99. The Morgan fingerprint density at radius 3 is 2.50 bits per heavy atom. The van der Waals surface area contributed by atoms with Crippen molar-refractivity contribution in [3.05, 3.63) is 28.6 Å². The topological polar surface area (TPSA) is 70.8 Å². The van der Waals surface area contributed by atoms with Crippen molar-refractivity contribution in [3.8, 4) is 0 Å². The average molecular weight is 316 g/mol. The van der Waals surface area contributed by atoms with E-state index in [1.54, 1.807) is 12.1 Å².